The van der Waals surface area contributed by atoms with Gasteiger partial charge in [-0.2, -0.15) is 0 Å². The van der Waals surface area contributed by atoms with E-state index in [1.807, 2.05) is 12.1 Å². The summed E-state index contributed by atoms with van der Waals surface area (Å²) in [6, 6.07) is 10.5. The highest BCUT2D eigenvalue weighted by atomic mass is 19.2. The number of aromatic nitrogens is 5. The Morgan fingerprint density at radius 2 is 1.30 bits per heavy atom. The van der Waals surface area contributed by atoms with Crippen LogP contribution in [0.2, 0.25) is 0 Å². The number of amides is 3. The molecule has 1 aromatic carbocycles. The zero-order chi connectivity index (χ0) is 31.4. The minimum absolute atomic E-state index is 0.0569. The van der Waals surface area contributed by atoms with Gasteiger partial charge in [0.05, 0.1) is 39.0 Å². The molecule has 44 heavy (non-hydrogen) atoms. The Labute approximate surface area is 249 Å². The highest BCUT2D eigenvalue weighted by Crippen LogP contribution is 2.54. The van der Waals surface area contributed by atoms with Gasteiger partial charge in [0.1, 0.15) is 22.5 Å². The van der Waals surface area contributed by atoms with Crippen LogP contribution in [0.4, 0.5) is 20.3 Å². The number of hydrogen-bond acceptors (Lipinski definition) is 10. The zero-order valence-electron chi connectivity index (χ0n) is 23.8. The van der Waals surface area contributed by atoms with Gasteiger partial charge >= 0.3 is 12.0 Å². The van der Waals surface area contributed by atoms with Gasteiger partial charge in [-0.1, -0.05) is 33.2 Å². The topological polar surface area (TPSA) is 153 Å². The second kappa shape index (κ2) is 12.3. The van der Waals surface area contributed by atoms with E-state index >= 15 is 8.96 Å². The summed E-state index contributed by atoms with van der Waals surface area (Å²) in [6.45, 7) is 0. The molecular weight excluding hydrogens is 578 g/mol. The number of pyridine rings is 1. The van der Waals surface area contributed by atoms with Gasteiger partial charge in [0.15, 0.2) is 0 Å². The highest BCUT2D eigenvalue weighted by Gasteiger charge is 2.60. The summed E-state index contributed by atoms with van der Waals surface area (Å²) in [5.74, 6) is -3.26. The second-order valence-corrected chi connectivity index (χ2v) is 9.85. The van der Waals surface area contributed by atoms with Crippen molar-refractivity contribution in [1.29, 1.82) is 0 Å². The number of anilines is 2. The lowest BCUT2D eigenvalue weighted by Gasteiger charge is -2.46. The van der Waals surface area contributed by atoms with E-state index in [0.717, 1.165) is 41.5 Å². The molecule has 0 bridgehead atoms. The van der Waals surface area contributed by atoms with Gasteiger partial charge in [0.2, 0.25) is 0 Å². The van der Waals surface area contributed by atoms with Crippen molar-refractivity contribution >= 4 is 29.1 Å². The fourth-order valence-electron chi connectivity index (χ4n) is 4.91. The van der Waals surface area contributed by atoms with Crippen LogP contribution < -0.4 is 25.0 Å². The SMILES string of the molecule is CNC(=O)c1cc(-c2ccc(C3CC(C(=O)N(F)c4cnc(OC)nc4)(C(=O)N(F)c4cnc(OC)nc4)C3)cc2)ccn1. The largest absolute Gasteiger partial charge is 0.467 e. The third kappa shape index (κ3) is 5.58. The molecule has 1 aliphatic carbocycles. The Balaban J connectivity index is 1.41. The molecule has 0 unspecified atom stereocenters. The Morgan fingerprint density at radius 3 is 1.75 bits per heavy atom. The van der Waals surface area contributed by atoms with Gasteiger partial charge in [-0.05, 0) is 47.6 Å². The Hall–Kier alpha value is -5.60. The molecule has 0 spiro atoms. The summed E-state index contributed by atoms with van der Waals surface area (Å²) in [7, 11) is 4.15. The van der Waals surface area contributed by atoms with E-state index in [9.17, 15) is 14.4 Å². The van der Waals surface area contributed by atoms with Gasteiger partial charge in [-0.15, -0.1) is 10.2 Å². The molecule has 1 N–H and O–H groups in total. The number of ether oxygens (including phenoxy) is 2. The van der Waals surface area contributed by atoms with Crippen molar-refractivity contribution in [3.05, 3.63) is 78.6 Å². The van der Waals surface area contributed by atoms with Crippen molar-refractivity contribution in [2.24, 2.45) is 5.41 Å². The first-order chi connectivity index (χ1) is 21.2. The number of benzene rings is 1. The standard InChI is InChI=1S/C29H26F2N8O5/c1-32-24(40)23-10-19(8-9-33-23)17-4-6-18(7-5-17)20-11-29(12-20,25(41)38(30)21-13-34-27(43-2)35-14-21)26(42)39(31)22-15-36-28(44-3)37-16-22/h4-10,13-16,20H,11-12H2,1-3H3,(H,32,40). The van der Waals surface area contributed by atoms with E-state index in [2.05, 4.69) is 30.2 Å². The Bertz CT molecular complexity index is 1600. The first-order valence-electron chi connectivity index (χ1n) is 13.2. The summed E-state index contributed by atoms with van der Waals surface area (Å²) >= 11 is 0. The van der Waals surface area contributed by atoms with Crippen molar-refractivity contribution in [3.8, 4) is 23.1 Å². The summed E-state index contributed by atoms with van der Waals surface area (Å²) in [6.07, 6.45) is 5.19. The minimum atomic E-state index is -2.10. The van der Waals surface area contributed by atoms with E-state index in [0.29, 0.717) is 0 Å². The van der Waals surface area contributed by atoms with E-state index in [1.54, 1.807) is 24.3 Å². The molecule has 3 amide bonds. The maximum Gasteiger partial charge on any atom is 0.316 e. The third-order valence-electron chi connectivity index (χ3n) is 7.35. The average Bonchev–Trinajstić information content (AvgIpc) is 3.07. The predicted molar refractivity (Wildman–Crippen MR) is 152 cm³/mol. The fourth-order valence-corrected chi connectivity index (χ4v) is 4.91. The van der Waals surface area contributed by atoms with Crippen LogP contribution in [0.15, 0.2) is 67.4 Å². The number of halogens is 2. The molecular formula is C29H26F2N8O5. The number of hydrogen-bond donors (Lipinski definition) is 1. The molecule has 0 atom stereocenters. The van der Waals surface area contributed by atoms with Crippen molar-refractivity contribution in [2.45, 2.75) is 18.8 Å². The molecule has 0 aliphatic heterocycles. The number of carbonyl (C=O) groups excluding carboxylic acids is 3. The molecule has 1 fully saturated rings. The predicted octanol–water partition coefficient (Wildman–Crippen LogP) is 3.40. The van der Waals surface area contributed by atoms with Gasteiger partial charge in [-0.3, -0.25) is 19.4 Å². The van der Waals surface area contributed by atoms with Crippen molar-refractivity contribution in [2.75, 3.05) is 31.5 Å². The first kappa shape index (κ1) is 29.9. The van der Waals surface area contributed by atoms with Crippen LogP contribution in [0, 0.1) is 5.41 Å². The van der Waals surface area contributed by atoms with Gasteiger partial charge in [0.25, 0.3) is 17.7 Å². The van der Waals surface area contributed by atoms with E-state index in [4.69, 9.17) is 9.47 Å². The molecule has 5 rings (SSSR count). The van der Waals surface area contributed by atoms with Gasteiger partial charge in [0, 0.05) is 13.2 Å². The fraction of sp³-hybridized carbons (Fsp3) is 0.241. The summed E-state index contributed by atoms with van der Waals surface area (Å²) in [5, 5.41) is 2.01. The van der Waals surface area contributed by atoms with Gasteiger partial charge in [-0.25, -0.2) is 19.9 Å². The number of methoxy groups -OCH3 is 2. The molecule has 3 heterocycles. The smallest absolute Gasteiger partial charge is 0.316 e. The normalized spacial score (nSPS) is 13.8. The van der Waals surface area contributed by atoms with Crippen LogP contribution in [-0.2, 0) is 9.59 Å². The summed E-state index contributed by atoms with van der Waals surface area (Å²) in [5.41, 5.74) is -0.260. The average molecular weight is 605 g/mol. The van der Waals surface area contributed by atoms with E-state index in [1.165, 1.54) is 27.5 Å². The molecule has 1 aliphatic rings. The maximum absolute atomic E-state index is 15.5. The number of nitrogens with zero attached hydrogens (tertiary/aromatic N) is 7. The zero-order valence-corrected chi connectivity index (χ0v) is 23.8. The van der Waals surface area contributed by atoms with Crippen molar-refractivity contribution in [3.63, 3.8) is 0 Å². The lowest BCUT2D eigenvalue weighted by Crippen LogP contribution is -2.57. The summed E-state index contributed by atoms with van der Waals surface area (Å²) < 4.78 is 40.7. The van der Waals surface area contributed by atoms with Crippen LogP contribution in [0.1, 0.15) is 34.8 Å². The lowest BCUT2D eigenvalue weighted by molar-refractivity contribution is -0.151. The number of carbonyl (C=O) groups is 3. The van der Waals surface area contributed by atoms with Crippen LogP contribution in [0.25, 0.3) is 11.1 Å². The number of rotatable bonds is 9. The molecule has 15 heteroatoms. The second-order valence-electron chi connectivity index (χ2n) is 9.85. The van der Waals surface area contributed by atoms with E-state index < -0.39 is 17.2 Å². The molecule has 0 saturated heterocycles. The molecule has 1 saturated carbocycles. The maximum atomic E-state index is 15.5. The molecule has 0 radical (unpaired) electrons. The molecule has 13 nitrogen and oxygen atoms in total. The number of nitrogens with one attached hydrogen (secondary N) is 1. The van der Waals surface area contributed by atoms with Crippen molar-refractivity contribution < 1.29 is 32.8 Å². The monoisotopic (exact) mass is 604 g/mol. The quantitative estimate of drug-likeness (QED) is 0.222. The van der Waals surface area contributed by atoms with Crippen LogP contribution in [0.5, 0.6) is 12.0 Å². The Morgan fingerprint density at radius 1 is 0.795 bits per heavy atom. The third-order valence-corrected chi connectivity index (χ3v) is 7.35. The Kier molecular flexibility index (Phi) is 8.37. The van der Waals surface area contributed by atoms with Crippen molar-refractivity contribution in [1.82, 2.24) is 30.2 Å². The summed E-state index contributed by atoms with van der Waals surface area (Å²) in [4.78, 5) is 58.4. The molecule has 4 aromatic rings. The first-order valence-corrected chi connectivity index (χ1v) is 13.2. The van der Waals surface area contributed by atoms with Crippen LogP contribution in [-0.4, -0.2) is 63.9 Å². The minimum Gasteiger partial charge on any atom is -0.467 e. The van der Waals surface area contributed by atoms with Gasteiger partial charge < -0.3 is 14.8 Å². The van der Waals surface area contributed by atoms with Crippen LogP contribution >= 0.6 is 0 Å². The lowest BCUT2D eigenvalue weighted by atomic mass is 9.58. The molecule has 226 valence electrons. The molecule has 3 aromatic heterocycles. The van der Waals surface area contributed by atoms with E-state index in [-0.39, 0.29) is 64.0 Å². The highest BCUT2D eigenvalue weighted by molar-refractivity contribution is 6.15. The van der Waals surface area contributed by atoms with Crippen LogP contribution in [0.3, 0.4) is 0 Å².